The average Bonchev–Trinajstić information content (AvgIpc) is 3.50. The van der Waals surface area contributed by atoms with Crippen LogP contribution in [0.1, 0.15) is 54.2 Å². The van der Waals surface area contributed by atoms with Crippen molar-refractivity contribution in [2.24, 2.45) is 11.3 Å². The summed E-state index contributed by atoms with van der Waals surface area (Å²) in [5.41, 5.74) is 2.50. The van der Waals surface area contributed by atoms with E-state index in [-0.39, 0.29) is 29.5 Å². The number of carbonyl (C=O) groups is 1. The molecule has 4 rings (SSSR count). The summed E-state index contributed by atoms with van der Waals surface area (Å²) in [4.78, 5) is 23.9. The maximum Gasteiger partial charge on any atom is 0.341 e. The van der Waals surface area contributed by atoms with Gasteiger partial charge in [0.2, 0.25) is 0 Å². The number of aliphatic hydroxyl groups excluding tert-OH is 1. The number of ether oxygens (including phenoxy) is 2. The molecule has 1 aliphatic heterocycles. The first kappa shape index (κ1) is 21.6. The molecule has 2 aliphatic rings. The Bertz CT molecular complexity index is 1070. The van der Waals surface area contributed by atoms with Crippen LogP contribution in [0.3, 0.4) is 0 Å². The van der Waals surface area contributed by atoms with Crippen LogP contribution in [0.4, 0.5) is 0 Å². The molecule has 2 heterocycles. The van der Waals surface area contributed by atoms with Crippen LogP contribution < -0.4 is 10.2 Å². The lowest BCUT2D eigenvalue weighted by Crippen LogP contribution is -2.28. The van der Waals surface area contributed by atoms with E-state index in [1.807, 2.05) is 16.7 Å². The van der Waals surface area contributed by atoms with Crippen molar-refractivity contribution in [3.8, 4) is 17.0 Å². The van der Waals surface area contributed by atoms with Crippen molar-refractivity contribution in [3.05, 3.63) is 51.3 Å². The van der Waals surface area contributed by atoms with Crippen molar-refractivity contribution in [2.45, 2.75) is 45.8 Å². The summed E-state index contributed by atoms with van der Waals surface area (Å²) < 4.78 is 13.4. The van der Waals surface area contributed by atoms with Gasteiger partial charge in [-0.1, -0.05) is 13.8 Å². The standard InChI is InChI=1S/C24H29NO6/c1-14(2)19-7-15-8-22(31-13-24(4-5-24)12-30-3)16(11-26)6-17(15)20-9-21(27)18(23(28)29)10-25(19)20/h6,8-10,14,19,26H,4-5,7,11-13H2,1-3H3,(H,28,29)/t19-/m0/s1. The molecule has 0 spiro atoms. The molecule has 31 heavy (non-hydrogen) atoms. The lowest BCUT2D eigenvalue weighted by Gasteiger charge is -2.34. The van der Waals surface area contributed by atoms with Gasteiger partial charge in [0.1, 0.15) is 11.3 Å². The average molecular weight is 427 g/mol. The third kappa shape index (κ3) is 4.00. The normalized spacial score (nSPS) is 18.4. The Morgan fingerprint density at radius 2 is 2.00 bits per heavy atom. The van der Waals surface area contributed by atoms with Gasteiger partial charge >= 0.3 is 5.97 Å². The molecule has 1 aromatic heterocycles. The number of nitrogens with zero attached hydrogens (tertiary/aromatic N) is 1. The van der Waals surface area contributed by atoms with E-state index in [9.17, 15) is 19.8 Å². The van der Waals surface area contributed by atoms with Crippen molar-refractivity contribution in [3.63, 3.8) is 0 Å². The Morgan fingerprint density at radius 1 is 1.26 bits per heavy atom. The van der Waals surface area contributed by atoms with Crippen molar-refractivity contribution >= 4 is 5.97 Å². The number of carboxylic acids is 1. The van der Waals surface area contributed by atoms with Gasteiger partial charge in [-0.25, -0.2) is 4.79 Å². The molecule has 2 aromatic rings. The van der Waals surface area contributed by atoms with Crippen LogP contribution in [-0.2, 0) is 17.8 Å². The zero-order valence-corrected chi connectivity index (χ0v) is 18.2. The summed E-state index contributed by atoms with van der Waals surface area (Å²) in [6.07, 6.45) is 4.28. The Labute approximate surface area is 181 Å². The lowest BCUT2D eigenvalue weighted by molar-refractivity contribution is 0.0694. The third-order valence-corrected chi connectivity index (χ3v) is 6.54. The van der Waals surface area contributed by atoms with Crippen molar-refractivity contribution in [2.75, 3.05) is 20.3 Å². The topological polar surface area (TPSA) is 98.0 Å². The highest BCUT2D eigenvalue weighted by molar-refractivity contribution is 5.87. The molecule has 1 aromatic carbocycles. The molecule has 7 heteroatoms. The fraction of sp³-hybridized carbons (Fsp3) is 0.500. The Morgan fingerprint density at radius 3 is 2.58 bits per heavy atom. The summed E-state index contributed by atoms with van der Waals surface area (Å²) in [6, 6.07) is 5.24. The molecule has 0 bridgehead atoms. The van der Waals surface area contributed by atoms with Gasteiger partial charge in [-0.2, -0.15) is 0 Å². The van der Waals surface area contributed by atoms with Gasteiger partial charge in [-0.3, -0.25) is 4.79 Å². The molecule has 0 amide bonds. The second-order valence-corrected chi connectivity index (χ2v) is 9.16. The number of aliphatic hydroxyl groups is 1. The van der Waals surface area contributed by atoms with Crippen LogP contribution in [0.2, 0.25) is 0 Å². The van der Waals surface area contributed by atoms with E-state index in [2.05, 4.69) is 13.8 Å². The molecular weight excluding hydrogens is 398 g/mol. The SMILES string of the molecule is COCC1(COc2cc3c(cc2CO)-c2cc(=O)c(C(=O)O)cn2[C@H](C(C)C)C3)CC1. The van der Waals surface area contributed by atoms with Crippen LogP contribution in [0.25, 0.3) is 11.3 Å². The molecule has 1 atom stereocenters. The van der Waals surface area contributed by atoms with E-state index < -0.39 is 11.4 Å². The van der Waals surface area contributed by atoms with E-state index in [0.29, 0.717) is 36.6 Å². The molecule has 1 saturated carbocycles. The zero-order valence-electron chi connectivity index (χ0n) is 18.2. The molecule has 166 valence electrons. The number of methoxy groups -OCH3 is 1. The van der Waals surface area contributed by atoms with Gasteiger partial charge in [0, 0.05) is 42.0 Å². The van der Waals surface area contributed by atoms with Crippen molar-refractivity contribution in [1.82, 2.24) is 4.57 Å². The van der Waals surface area contributed by atoms with Gasteiger partial charge < -0.3 is 24.3 Å². The van der Waals surface area contributed by atoms with E-state index in [4.69, 9.17) is 9.47 Å². The highest BCUT2D eigenvalue weighted by Gasteiger charge is 2.43. The van der Waals surface area contributed by atoms with Crippen molar-refractivity contribution < 1.29 is 24.5 Å². The number of benzene rings is 1. The number of aromatic nitrogens is 1. The molecular formula is C24H29NO6. The highest BCUT2D eigenvalue weighted by Crippen LogP contribution is 2.47. The molecule has 1 fully saturated rings. The summed E-state index contributed by atoms with van der Waals surface area (Å²) >= 11 is 0. The Hall–Kier alpha value is -2.64. The smallest absolute Gasteiger partial charge is 0.341 e. The quantitative estimate of drug-likeness (QED) is 0.671. The second-order valence-electron chi connectivity index (χ2n) is 9.16. The second kappa shape index (κ2) is 8.13. The Kier molecular flexibility index (Phi) is 5.66. The number of hydrogen-bond acceptors (Lipinski definition) is 5. The fourth-order valence-corrected chi connectivity index (χ4v) is 4.46. The Balaban J connectivity index is 1.77. The zero-order chi connectivity index (χ0) is 22.3. The van der Waals surface area contributed by atoms with Crippen LogP contribution in [-0.4, -0.2) is 41.1 Å². The van der Waals surface area contributed by atoms with Gasteiger partial charge in [0.15, 0.2) is 5.43 Å². The van der Waals surface area contributed by atoms with E-state index in [0.717, 1.165) is 24.0 Å². The minimum absolute atomic E-state index is 0.0114. The van der Waals surface area contributed by atoms with Gasteiger partial charge in [0.25, 0.3) is 0 Å². The number of aromatic carboxylic acids is 1. The lowest BCUT2D eigenvalue weighted by atomic mass is 9.86. The van der Waals surface area contributed by atoms with Crippen LogP contribution in [0.15, 0.2) is 29.2 Å². The molecule has 1 aliphatic carbocycles. The first-order chi connectivity index (χ1) is 14.8. The number of carboxylic acid groups (broad SMARTS) is 1. The largest absolute Gasteiger partial charge is 0.493 e. The number of pyridine rings is 1. The maximum atomic E-state index is 12.4. The third-order valence-electron chi connectivity index (χ3n) is 6.54. The number of fused-ring (bicyclic) bond motifs is 3. The fourth-order valence-electron chi connectivity index (χ4n) is 4.46. The molecule has 0 unspecified atom stereocenters. The summed E-state index contributed by atoms with van der Waals surface area (Å²) in [6.45, 7) is 5.17. The molecule has 0 saturated heterocycles. The molecule has 2 N–H and O–H groups in total. The van der Waals surface area contributed by atoms with E-state index >= 15 is 0 Å². The number of hydrogen-bond donors (Lipinski definition) is 2. The minimum Gasteiger partial charge on any atom is -0.493 e. The van der Waals surface area contributed by atoms with Gasteiger partial charge in [-0.05, 0) is 42.9 Å². The monoisotopic (exact) mass is 427 g/mol. The maximum absolute atomic E-state index is 12.4. The van der Waals surface area contributed by atoms with E-state index in [1.54, 1.807) is 7.11 Å². The summed E-state index contributed by atoms with van der Waals surface area (Å²) in [7, 11) is 1.69. The van der Waals surface area contributed by atoms with E-state index in [1.165, 1.54) is 12.3 Å². The van der Waals surface area contributed by atoms with Crippen LogP contribution in [0, 0.1) is 11.3 Å². The van der Waals surface area contributed by atoms with Crippen LogP contribution in [0.5, 0.6) is 5.75 Å². The molecule has 7 nitrogen and oxygen atoms in total. The first-order valence-corrected chi connectivity index (χ1v) is 10.7. The predicted molar refractivity (Wildman–Crippen MR) is 116 cm³/mol. The minimum atomic E-state index is -1.22. The first-order valence-electron chi connectivity index (χ1n) is 10.7. The summed E-state index contributed by atoms with van der Waals surface area (Å²) in [5, 5.41) is 19.4. The van der Waals surface area contributed by atoms with Gasteiger partial charge in [-0.15, -0.1) is 0 Å². The molecule has 0 radical (unpaired) electrons. The predicted octanol–water partition coefficient (Wildman–Crippen LogP) is 3.26. The van der Waals surface area contributed by atoms with Gasteiger partial charge in [0.05, 0.1) is 25.5 Å². The van der Waals surface area contributed by atoms with Crippen molar-refractivity contribution in [1.29, 1.82) is 0 Å². The van der Waals surface area contributed by atoms with Crippen LogP contribution >= 0.6 is 0 Å². The number of rotatable bonds is 8. The highest BCUT2D eigenvalue weighted by atomic mass is 16.5. The summed E-state index contributed by atoms with van der Waals surface area (Å²) in [5.74, 6) is -0.336.